The number of rotatable bonds is 3. The second kappa shape index (κ2) is 6.23. The summed E-state index contributed by atoms with van der Waals surface area (Å²) in [7, 11) is 1.60. The fourth-order valence-electron chi connectivity index (χ4n) is 2.15. The van der Waals surface area contributed by atoms with Crippen LogP contribution in [0.5, 0.6) is 0 Å². The number of aliphatic carboxylic acids is 1. The molecule has 6 nitrogen and oxygen atoms in total. The largest absolute Gasteiger partial charge is 0.480 e. The Labute approximate surface area is 114 Å². The van der Waals surface area contributed by atoms with Gasteiger partial charge in [0.2, 0.25) is 0 Å². The molecular weight excluding hydrogens is 248 g/mol. The molecule has 19 heavy (non-hydrogen) atoms. The second-order valence-electron chi connectivity index (χ2n) is 5.71. The van der Waals surface area contributed by atoms with Crippen molar-refractivity contribution in [1.82, 2.24) is 9.80 Å². The first kappa shape index (κ1) is 15.8. The SMILES string of the molecule is CN(C(=O)N1CCCCCC1C(=O)O)C(C)(C)CO. The number of carboxylic acid groups (broad SMARTS) is 1. The number of hydrogen-bond donors (Lipinski definition) is 2. The predicted molar refractivity (Wildman–Crippen MR) is 70.9 cm³/mol. The topological polar surface area (TPSA) is 81.1 Å². The molecule has 1 aliphatic rings. The lowest BCUT2D eigenvalue weighted by Crippen LogP contribution is -2.56. The molecule has 1 atom stereocenters. The average Bonchev–Trinajstić information content (AvgIpc) is 2.62. The van der Waals surface area contributed by atoms with Crippen LogP contribution >= 0.6 is 0 Å². The van der Waals surface area contributed by atoms with Gasteiger partial charge in [-0.25, -0.2) is 9.59 Å². The maximum atomic E-state index is 12.4. The third-order valence-corrected chi connectivity index (χ3v) is 3.87. The van der Waals surface area contributed by atoms with Crippen LogP contribution in [0.15, 0.2) is 0 Å². The summed E-state index contributed by atoms with van der Waals surface area (Å²) in [4.78, 5) is 26.6. The number of likely N-dealkylation sites (N-methyl/N-ethyl adjacent to an activating group) is 1. The Balaban J connectivity index is 2.90. The Bertz CT molecular complexity index is 344. The predicted octanol–water partition coefficient (Wildman–Crippen LogP) is 1.14. The lowest BCUT2D eigenvalue weighted by atomic mass is 10.1. The molecule has 1 unspecified atom stereocenters. The van der Waals surface area contributed by atoms with Gasteiger partial charge in [-0.05, 0) is 26.7 Å². The maximum Gasteiger partial charge on any atom is 0.326 e. The molecule has 2 N–H and O–H groups in total. The minimum atomic E-state index is -0.953. The number of hydrogen-bond acceptors (Lipinski definition) is 3. The van der Waals surface area contributed by atoms with E-state index in [0.29, 0.717) is 13.0 Å². The monoisotopic (exact) mass is 272 g/mol. The van der Waals surface area contributed by atoms with E-state index in [4.69, 9.17) is 0 Å². The summed E-state index contributed by atoms with van der Waals surface area (Å²) >= 11 is 0. The third-order valence-electron chi connectivity index (χ3n) is 3.87. The van der Waals surface area contributed by atoms with Crippen LogP contribution in [-0.2, 0) is 4.79 Å². The minimum Gasteiger partial charge on any atom is -0.480 e. The number of nitrogens with zero attached hydrogens (tertiary/aromatic N) is 2. The molecule has 0 aliphatic carbocycles. The van der Waals surface area contributed by atoms with Gasteiger partial charge in [-0.3, -0.25) is 0 Å². The highest BCUT2D eigenvalue weighted by atomic mass is 16.4. The number of carboxylic acids is 1. The van der Waals surface area contributed by atoms with Gasteiger partial charge in [0.1, 0.15) is 6.04 Å². The van der Waals surface area contributed by atoms with E-state index in [1.165, 1.54) is 9.80 Å². The lowest BCUT2D eigenvalue weighted by Gasteiger charge is -2.39. The van der Waals surface area contributed by atoms with E-state index < -0.39 is 17.6 Å². The fraction of sp³-hybridized carbons (Fsp3) is 0.846. The van der Waals surface area contributed by atoms with E-state index in [1.807, 2.05) is 0 Å². The Morgan fingerprint density at radius 1 is 1.32 bits per heavy atom. The summed E-state index contributed by atoms with van der Waals surface area (Å²) in [6, 6.07) is -1.08. The molecule has 110 valence electrons. The van der Waals surface area contributed by atoms with Crippen LogP contribution in [0.4, 0.5) is 4.79 Å². The molecule has 0 saturated carbocycles. The first-order valence-corrected chi connectivity index (χ1v) is 6.69. The first-order valence-electron chi connectivity index (χ1n) is 6.69. The molecule has 0 aromatic carbocycles. The van der Waals surface area contributed by atoms with Gasteiger partial charge in [-0.15, -0.1) is 0 Å². The highest BCUT2D eigenvalue weighted by Gasteiger charge is 2.36. The first-order chi connectivity index (χ1) is 8.81. The molecule has 0 radical (unpaired) electrons. The maximum absolute atomic E-state index is 12.4. The van der Waals surface area contributed by atoms with Crippen LogP contribution in [0.1, 0.15) is 39.5 Å². The van der Waals surface area contributed by atoms with Gasteiger partial charge < -0.3 is 20.0 Å². The van der Waals surface area contributed by atoms with Gasteiger partial charge in [0.15, 0.2) is 0 Å². The van der Waals surface area contributed by atoms with Crippen LogP contribution in [0, 0.1) is 0 Å². The number of aliphatic hydroxyl groups is 1. The van der Waals surface area contributed by atoms with Crippen molar-refractivity contribution in [3.63, 3.8) is 0 Å². The number of urea groups is 1. The molecule has 0 aromatic heterocycles. The van der Waals surface area contributed by atoms with Gasteiger partial charge in [0, 0.05) is 13.6 Å². The zero-order valence-corrected chi connectivity index (χ0v) is 11.9. The van der Waals surface area contributed by atoms with Gasteiger partial charge in [0.05, 0.1) is 12.1 Å². The zero-order valence-electron chi connectivity index (χ0n) is 11.9. The Morgan fingerprint density at radius 3 is 2.47 bits per heavy atom. The van der Waals surface area contributed by atoms with E-state index in [9.17, 15) is 19.8 Å². The van der Waals surface area contributed by atoms with E-state index in [0.717, 1.165) is 19.3 Å². The molecule has 1 aliphatic heterocycles. The van der Waals surface area contributed by atoms with E-state index in [1.54, 1.807) is 20.9 Å². The second-order valence-corrected chi connectivity index (χ2v) is 5.71. The van der Waals surface area contributed by atoms with Crippen molar-refractivity contribution in [3.05, 3.63) is 0 Å². The molecule has 0 aromatic rings. The highest BCUT2D eigenvalue weighted by molar-refractivity contribution is 5.83. The summed E-state index contributed by atoms with van der Waals surface area (Å²) in [5.41, 5.74) is -0.702. The molecule has 1 heterocycles. The molecule has 1 rings (SSSR count). The summed E-state index contributed by atoms with van der Waals surface area (Å²) in [5.74, 6) is -0.953. The summed E-state index contributed by atoms with van der Waals surface area (Å²) in [5, 5.41) is 18.6. The Morgan fingerprint density at radius 2 is 1.95 bits per heavy atom. The smallest absolute Gasteiger partial charge is 0.326 e. The quantitative estimate of drug-likeness (QED) is 0.807. The van der Waals surface area contributed by atoms with E-state index in [2.05, 4.69) is 0 Å². The number of amides is 2. The van der Waals surface area contributed by atoms with Gasteiger partial charge >= 0.3 is 12.0 Å². The normalized spacial score (nSPS) is 20.8. The molecule has 0 bridgehead atoms. The van der Waals surface area contributed by atoms with Crippen molar-refractivity contribution < 1.29 is 19.8 Å². The van der Waals surface area contributed by atoms with Crippen LogP contribution in [0.25, 0.3) is 0 Å². The summed E-state index contributed by atoms with van der Waals surface area (Å²) < 4.78 is 0. The average molecular weight is 272 g/mol. The standard InChI is InChI=1S/C13H24N2O4/c1-13(2,9-16)14(3)12(19)15-8-6-4-5-7-10(15)11(17)18/h10,16H,4-9H2,1-3H3,(H,17,18). The molecule has 1 fully saturated rings. The Kier molecular flexibility index (Phi) is 5.17. The van der Waals surface area contributed by atoms with Crippen molar-refractivity contribution >= 4 is 12.0 Å². The summed E-state index contributed by atoms with van der Waals surface area (Å²) in [6.45, 7) is 3.79. The number of likely N-dealkylation sites (tertiary alicyclic amines) is 1. The molecule has 0 spiro atoms. The highest BCUT2D eigenvalue weighted by Crippen LogP contribution is 2.21. The van der Waals surface area contributed by atoms with E-state index >= 15 is 0 Å². The Hall–Kier alpha value is -1.30. The van der Waals surface area contributed by atoms with Crippen LogP contribution in [-0.4, -0.2) is 63.8 Å². The molecule has 6 heteroatoms. The van der Waals surface area contributed by atoms with Crippen molar-refractivity contribution in [2.45, 2.75) is 51.1 Å². The summed E-state index contributed by atoms with van der Waals surface area (Å²) in [6.07, 6.45) is 3.09. The van der Waals surface area contributed by atoms with Gasteiger partial charge in [0.25, 0.3) is 0 Å². The van der Waals surface area contributed by atoms with Gasteiger partial charge in [-0.2, -0.15) is 0 Å². The fourth-order valence-corrected chi connectivity index (χ4v) is 2.15. The molecule has 1 saturated heterocycles. The molecular formula is C13H24N2O4. The van der Waals surface area contributed by atoms with Crippen molar-refractivity contribution in [3.8, 4) is 0 Å². The van der Waals surface area contributed by atoms with Crippen LogP contribution in [0.3, 0.4) is 0 Å². The van der Waals surface area contributed by atoms with Crippen molar-refractivity contribution in [2.75, 3.05) is 20.2 Å². The van der Waals surface area contributed by atoms with Crippen molar-refractivity contribution in [2.24, 2.45) is 0 Å². The molecule has 2 amide bonds. The zero-order chi connectivity index (χ0) is 14.6. The minimum absolute atomic E-state index is 0.166. The van der Waals surface area contributed by atoms with E-state index in [-0.39, 0.29) is 12.6 Å². The number of carbonyl (C=O) groups excluding carboxylic acids is 1. The number of aliphatic hydroxyl groups excluding tert-OH is 1. The lowest BCUT2D eigenvalue weighted by molar-refractivity contribution is -0.142. The van der Waals surface area contributed by atoms with Gasteiger partial charge in [-0.1, -0.05) is 12.8 Å². The third kappa shape index (κ3) is 3.59. The van der Waals surface area contributed by atoms with Crippen LogP contribution < -0.4 is 0 Å². The van der Waals surface area contributed by atoms with Crippen molar-refractivity contribution in [1.29, 1.82) is 0 Å². The van der Waals surface area contributed by atoms with Crippen LogP contribution in [0.2, 0.25) is 0 Å². The number of carbonyl (C=O) groups is 2.